The largest absolute Gasteiger partial charge is 0.489 e. The van der Waals surface area contributed by atoms with E-state index in [-0.39, 0.29) is 12.4 Å². The van der Waals surface area contributed by atoms with Crippen LogP contribution in [0.25, 0.3) is 11.3 Å². The van der Waals surface area contributed by atoms with Crippen molar-refractivity contribution in [3.8, 4) is 17.0 Å². The zero-order chi connectivity index (χ0) is 17.6. The van der Waals surface area contributed by atoms with Crippen molar-refractivity contribution >= 4 is 0 Å². The fourth-order valence-corrected chi connectivity index (χ4v) is 2.47. The van der Waals surface area contributed by atoms with Crippen LogP contribution >= 0.6 is 0 Å². The Morgan fingerprint density at radius 1 is 1.16 bits per heavy atom. The van der Waals surface area contributed by atoms with E-state index in [0.717, 1.165) is 22.9 Å². The molecule has 3 aromatic rings. The number of hydrogen-bond acceptors (Lipinski definition) is 4. The zero-order valence-corrected chi connectivity index (χ0v) is 13.7. The van der Waals surface area contributed by atoms with Crippen LogP contribution in [-0.2, 0) is 13.6 Å². The lowest BCUT2D eigenvalue weighted by Gasteiger charge is -2.08. The van der Waals surface area contributed by atoms with Crippen LogP contribution in [0.5, 0.6) is 5.75 Å². The van der Waals surface area contributed by atoms with Crippen LogP contribution in [0.15, 0.2) is 48.9 Å². The Bertz CT molecular complexity index is 836. The van der Waals surface area contributed by atoms with Gasteiger partial charge in [0.2, 0.25) is 0 Å². The number of benzene rings is 1. The van der Waals surface area contributed by atoms with Crippen molar-refractivity contribution in [3.05, 3.63) is 66.1 Å². The molecule has 5 nitrogen and oxygen atoms in total. The fourth-order valence-electron chi connectivity index (χ4n) is 2.47. The highest BCUT2D eigenvalue weighted by Crippen LogP contribution is 2.21. The summed E-state index contributed by atoms with van der Waals surface area (Å²) in [6.07, 6.45) is 5.40. The third-order valence-electron chi connectivity index (χ3n) is 3.60. The van der Waals surface area contributed by atoms with Crippen molar-refractivity contribution in [1.82, 2.24) is 20.1 Å². The summed E-state index contributed by atoms with van der Waals surface area (Å²) in [5.41, 5.74) is 2.93. The van der Waals surface area contributed by atoms with E-state index in [1.54, 1.807) is 17.1 Å². The van der Waals surface area contributed by atoms with Gasteiger partial charge in [-0.1, -0.05) is 0 Å². The standard InChI is InChI=1S/C18H18F2N4O/c1-24-12-14(18(23-24)13-4-6-21-7-5-13)11-22-8-9-25-17-3-2-15(19)10-16(17)20/h2-7,10,12,22H,8-9,11H2,1H3. The Hall–Kier alpha value is -2.80. The van der Waals surface area contributed by atoms with Gasteiger partial charge in [0.15, 0.2) is 11.6 Å². The molecule has 3 rings (SSSR count). The summed E-state index contributed by atoms with van der Waals surface area (Å²) in [7, 11) is 1.87. The van der Waals surface area contributed by atoms with E-state index >= 15 is 0 Å². The molecule has 7 heteroatoms. The van der Waals surface area contributed by atoms with E-state index in [4.69, 9.17) is 4.74 Å². The summed E-state index contributed by atoms with van der Waals surface area (Å²) in [4.78, 5) is 4.01. The van der Waals surface area contributed by atoms with Crippen molar-refractivity contribution in [3.63, 3.8) is 0 Å². The third-order valence-corrected chi connectivity index (χ3v) is 3.60. The molecule has 1 aromatic carbocycles. The molecule has 1 N–H and O–H groups in total. The first-order chi connectivity index (χ1) is 12.1. The predicted octanol–water partition coefficient (Wildman–Crippen LogP) is 2.93. The van der Waals surface area contributed by atoms with E-state index in [0.29, 0.717) is 13.1 Å². The quantitative estimate of drug-likeness (QED) is 0.670. The van der Waals surface area contributed by atoms with Gasteiger partial charge in [0.1, 0.15) is 12.4 Å². The molecule has 0 aliphatic heterocycles. The van der Waals surface area contributed by atoms with Gasteiger partial charge >= 0.3 is 0 Å². The molecule has 0 saturated heterocycles. The summed E-state index contributed by atoms with van der Waals surface area (Å²) in [6, 6.07) is 7.08. The molecule has 0 saturated carbocycles. The van der Waals surface area contributed by atoms with Gasteiger partial charge in [-0.25, -0.2) is 8.78 Å². The highest BCUT2D eigenvalue weighted by Gasteiger charge is 2.10. The van der Waals surface area contributed by atoms with Gasteiger partial charge in [-0.2, -0.15) is 5.10 Å². The number of pyridine rings is 1. The monoisotopic (exact) mass is 344 g/mol. The molecule has 130 valence electrons. The van der Waals surface area contributed by atoms with Crippen LogP contribution in [0.2, 0.25) is 0 Å². The lowest BCUT2D eigenvalue weighted by molar-refractivity contribution is 0.297. The second kappa shape index (κ2) is 7.85. The van der Waals surface area contributed by atoms with Crippen molar-refractivity contribution in [1.29, 1.82) is 0 Å². The zero-order valence-electron chi connectivity index (χ0n) is 13.7. The molecule has 0 radical (unpaired) electrons. The fraction of sp³-hybridized carbons (Fsp3) is 0.222. The Labute approximate surface area is 144 Å². The topological polar surface area (TPSA) is 52.0 Å². The van der Waals surface area contributed by atoms with Gasteiger partial charge in [-0.3, -0.25) is 9.67 Å². The van der Waals surface area contributed by atoms with Gasteiger partial charge in [-0.05, 0) is 24.3 Å². The Morgan fingerprint density at radius 3 is 2.72 bits per heavy atom. The first kappa shape index (κ1) is 17.0. The maximum atomic E-state index is 13.5. The molecular formula is C18H18F2N4O. The van der Waals surface area contributed by atoms with E-state index in [1.165, 1.54) is 12.1 Å². The van der Waals surface area contributed by atoms with E-state index in [9.17, 15) is 8.78 Å². The van der Waals surface area contributed by atoms with Gasteiger partial charge < -0.3 is 10.1 Å². The minimum atomic E-state index is -0.702. The maximum Gasteiger partial charge on any atom is 0.167 e. The van der Waals surface area contributed by atoms with Crippen LogP contribution in [0.4, 0.5) is 8.78 Å². The first-order valence-electron chi connectivity index (χ1n) is 7.85. The lowest BCUT2D eigenvalue weighted by atomic mass is 10.1. The summed E-state index contributed by atoms with van der Waals surface area (Å²) >= 11 is 0. The maximum absolute atomic E-state index is 13.5. The van der Waals surface area contributed by atoms with Crippen LogP contribution in [-0.4, -0.2) is 27.9 Å². The van der Waals surface area contributed by atoms with E-state index in [2.05, 4.69) is 15.4 Å². The molecule has 0 aliphatic rings. The molecular weight excluding hydrogens is 326 g/mol. The van der Waals surface area contributed by atoms with E-state index in [1.807, 2.05) is 25.4 Å². The van der Waals surface area contributed by atoms with Gasteiger partial charge in [-0.15, -0.1) is 0 Å². The van der Waals surface area contributed by atoms with E-state index < -0.39 is 11.6 Å². The van der Waals surface area contributed by atoms with Crippen molar-refractivity contribution in [2.75, 3.05) is 13.2 Å². The molecule has 0 spiro atoms. The average molecular weight is 344 g/mol. The molecule has 2 aromatic heterocycles. The van der Waals surface area contributed by atoms with Gasteiger partial charge in [0.25, 0.3) is 0 Å². The third kappa shape index (κ3) is 4.39. The van der Waals surface area contributed by atoms with Crippen molar-refractivity contribution in [2.24, 2.45) is 7.05 Å². The van der Waals surface area contributed by atoms with Gasteiger partial charge in [0.05, 0.1) is 5.69 Å². The number of hydrogen-bond donors (Lipinski definition) is 1. The van der Waals surface area contributed by atoms with Crippen LogP contribution in [0.1, 0.15) is 5.56 Å². The van der Waals surface area contributed by atoms with Gasteiger partial charge in [0, 0.05) is 55.9 Å². The molecule has 0 fully saturated rings. The van der Waals surface area contributed by atoms with Crippen molar-refractivity contribution < 1.29 is 13.5 Å². The highest BCUT2D eigenvalue weighted by atomic mass is 19.1. The minimum Gasteiger partial charge on any atom is -0.489 e. The number of ether oxygens (including phenoxy) is 1. The molecule has 25 heavy (non-hydrogen) atoms. The normalized spacial score (nSPS) is 10.8. The van der Waals surface area contributed by atoms with Crippen LogP contribution < -0.4 is 10.1 Å². The predicted molar refractivity (Wildman–Crippen MR) is 90.0 cm³/mol. The van der Waals surface area contributed by atoms with Crippen LogP contribution in [0, 0.1) is 11.6 Å². The Kier molecular flexibility index (Phi) is 5.35. The summed E-state index contributed by atoms with van der Waals surface area (Å²) in [6.45, 7) is 1.38. The smallest absolute Gasteiger partial charge is 0.167 e. The number of nitrogens with zero attached hydrogens (tertiary/aromatic N) is 3. The number of nitrogens with one attached hydrogen (secondary N) is 1. The highest BCUT2D eigenvalue weighted by molar-refractivity contribution is 5.61. The number of halogens is 2. The molecule has 0 bridgehead atoms. The Balaban J connectivity index is 1.53. The average Bonchev–Trinajstić information content (AvgIpc) is 2.98. The number of aromatic nitrogens is 3. The molecule has 2 heterocycles. The summed E-state index contributed by atoms with van der Waals surface area (Å²) < 4.78 is 33.4. The van der Waals surface area contributed by atoms with Crippen LogP contribution in [0.3, 0.4) is 0 Å². The molecule has 0 unspecified atom stereocenters. The molecule has 0 aliphatic carbocycles. The SMILES string of the molecule is Cn1cc(CNCCOc2ccc(F)cc2F)c(-c2ccncc2)n1. The molecule has 0 amide bonds. The van der Waals surface area contributed by atoms with Crippen molar-refractivity contribution in [2.45, 2.75) is 6.54 Å². The second-order valence-corrected chi connectivity index (χ2v) is 5.51. The minimum absolute atomic E-state index is 0.0436. The Morgan fingerprint density at radius 2 is 1.96 bits per heavy atom. The number of aryl methyl sites for hydroxylation is 1. The number of rotatable bonds is 7. The first-order valence-corrected chi connectivity index (χ1v) is 7.85. The summed E-state index contributed by atoms with van der Waals surface area (Å²) in [5.74, 6) is -1.28. The lowest BCUT2D eigenvalue weighted by Crippen LogP contribution is -2.21. The summed E-state index contributed by atoms with van der Waals surface area (Å²) in [5, 5.41) is 7.72. The molecule has 0 atom stereocenters. The second-order valence-electron chi connectivity index (χ2n) is 5.51.